The maximum Gasteiger partial charge on any atom is 3.00 e. The fourth-order valence-corrected chi connectivity index (χ4v) is 0. The summed E-state index contributed by atoms with van der Waals surface area (Å²) in [5, 5.41) is 0. The Hall–Kier alpha value is 1.12. The van der Waals surface area contributed by atoms with Crippen LogP contribution in [0, 0.1) is 0 Å². The van der Waals surface area contributed by atoms with Gasteiger partial charge in [0.1, 0.15) is 0 Å². The average Bonchev–Trinajstić information content (AvgIpc) is 1.41. The van der Waals surface area contributed by atoms with Crippen molar-refractivity contribution < 1.29 is 72.0 Å². The Kier molecular flexibility index (Phi) is 22.1. The molecule has 0 aliphatic rings. The van der Waals surface area contributed by atoms with Crippen molar-refractivity contribution >= 4 is 57.4 Å². The van der Waals surface area contributed by atoms with Crippen molar-refractivity contribution in [2.45, 2.75) is 0 Å². The van der Waals surface area contributed by atoms with E-state index in [2.05, 4.69) is 0 Å². The Morgan fingerprint density at radius 1 is 0.471 bits per heavy atom. The molecular weight excluding hydrogens is 598 g/mol. The van der Waals surface area contributed by atoms with E-state index in [0.29, 0.717) is 0 Å². The molecule has 0 saturated carbocycles. The standard InChI is InChI=1S/Bi.3H2O4S.Ru/c;3*1-5(2,3)4;/h;3*(H2,1,2,3,4);/q+3;;;;+3/p-6. The van der Waals surface area contributed by atoms with Crippen LogP contribution < -0.4 is 0 Å². The van der Waals surface area contributed by atoms with Gasteiger partial charge in [0.2, 0.25) is 0 Å². The molecule has 0 spiro atoms. The van der Waals surface area contributed by atoms with Gasteiger partial charge in [0.15, 0.2) is 0 Å². The van der Waals surface area contributed by atoms with Gasteiger partial charge in [0, 0.05) is 31.2 Å². The van der Waals surface area contributed by atoms with E-state index in [9.17, 15) is 0 Å². The van der Waals surface area contributed by atoms with E-state index in [1.165, 1.54) is 0 Å². The minimum absolute atomic E-state index is 0. The van der Waals surface area contributed by atoms with E-state index in [1.54, 1.807) is 0 Å². The second-order valence-corrected chi connectivity index (χ2v) is 3.67. The molecule has 0 saturated heterocycles. The molecule has 0 aromatic heterocycles. The maximum atomic E-state index is 8.52. The Balaban J connectivity index is -0.0000000400. The van der Waals surface area contributed by atoms with Crippen LogP contribution in [0.4, 0.5) is 0 Å². The van der Waals surface area contributed by atoms with E-state index in [-0.39, 0.29) is 45.7 Å². The predicted molar refractivity (Wildman–Crippen MR) is 37.2 cm³/mol. The molecule has 0 heterocycles. The van der Waals surface area contributed by atoms with Gasteiger partial charge in [-0.05, 0) is 0 Å². The molecule has 12 nitrogen and oxygen atoms in total. The maximum absolute atomic E-state index is 8.52. The van der Waals surface area contributed by atoms with Crippen molar-refractivity contribution in [1.82, 2.24) is 0 Å². The van der Waals surface area contributed by atoms with Gasteiger partial charge in [-0.1, -0.05) is 0 Å². The molecular formula is BiO12RuS3. The molecule has 0 aliphatic heterocycles. The Bertz CT molecular complexity index is 343. The minimum atomic E-state index is -5.17. The quantitative estimate of drug-likeness (QED) is 0.146. The van der Waals surface area contributed by atoms with Gasteiger partial charge in [0.05, 0.1) is 0 Å². The normalized spacial score (nSPS) is 10.2. The third-order valence-electron chi connectivity index (χ3n) is 0. The van der Waals surface area contributed by atoms with Crippen LogP contribution >= 0.6 is 0 Å². The Morgan fingerprint density at radius 3 is 0.471 bits per heavy atom. The topological polar surface area (TPSA) is 241 Å². The van der Waals surface area contributed by atoms with Crippen molar-refractivity contribution in [1.29, 1.82) is 0 Å². The monoisotopic (exact) mass is 599 g/mol. The molecule has 0 fully saturated rings. The van der Waals surface area contributed by atoms with E-state index in [0.717, 1.165) is 0 Å². The van der Waals surface area contributed by atoms with E-state index >= 15 is 0 Å². The van der Waals surface area contributed by atoms with Crippen molar-refractivity contribution in [2.75, 3.05) is 0 Å². The minimum Gasteiger partial charge on any atom is -0.759 e. The molecule has 17 heavy (non-hydrogen) atoms. The van der Waals surface area contributed by atoms with Crippen molar-refractivity contribution in [3.05, 3.63) is 0 Å². The summed E-state index contributed by atoms with van der Waals surface area (Å²) in [4.78, 5) is 0. The summed E-state index contributed by atoms with van der Waals surface area (Å²) in [7, 11) is -15.5. The molecule has 17 heteroatoms. The fraction of sp³-hybridized carbons (Fsp3) is 0. The van der Waals surface area contributed by atoms with Gasteiger partial charge in [-0.25, -0.2) is 0 Å². The Labute approximate surface area is 128 Å². The zero-order chi connectivity index (χ0) is 13.5. The summed E-state index contributed by atoms with van der Waals surface area (Å²) in [6.07, 6.45) is 0. The van der Waals surface area contributed by atoms with Gasteiger partial charge in [-0.3, -0.25) is 25.3 Å². The average molecular weight is 598 g/mol. The first-order valence-electron chi connectivity index (χ1n) is 2.00. The predicted octanol–water partition coefficient (Wildman–Crippen LogP) is -4.40. The zero-order valence-electron chi connectivity index (χ0n) is 6.92. The molecule has 0 amide bonds. The van der Waals surface area contributed by atoms with Gasteiger partial charge in [0.25, 0.3) is 0 Å². The molecule has 0 unspecified atom stereocenters. The van der Waals surface area contributed by atoms with Crippen molar-refractivity contribution in [3.63, 3.8) is 0 Å². The summed E-state index contributed by atoms with van der Waals surface area (Å²) in [5.74, 6) is 0. The van der Waals surface area contributed by atoms with E-state index in [4.69, 9.17) is 52.6 Å². The van der Waals surface area contributed by atoms with Crippen LogP contribution in [-0.2, 0) is 50.7 Å². The third kappa shape index (κ3) is 3140. The molecule has 3 radical (unpaired) electrons. The molecule has 0 rings (SSSR count). The van der Waals surface area contributed by atoms with E-state index in [1.807, 2.05) is 0 Å². The molecule has 0 N–H and O–H groups in total. The van der Waals surface area contributed by atoms with Gasteiger partial charge in [-0.15, -0.1) is 0 Å². The van der Waals surface area contributed by atoms with Crippen LogP contribution in [0.3, 0.4) is 0 Å². The van der Waals surface area contributed by atoms with Crippen LogP contribution in [0.25, 0.3) is 0 Å². The molecule has 0 aromatic carbocycles. The fourth-order valence-electron chi connectivity index (χ4n) is 0. The van der Waals surface area contributed by atoms with Crippen molar-refractivity contribution in [3.8, 4) is 0 Å². The summed E-state index contributed by atoms with van der Waals surface area (Å²) >= 11 is 0. The second-order valence-electron chi connectivity index (χ2n) is 1.22. The zero-order valence-corrected chi connectivity index (χ0v) is 14.6. The van der Waals surface area contributed by atoms with Gasteiger partial charge >= 0.3 is 45.7 Å². The van der Waals surface area contributed by atoms with Gasteiger partial charge in [-0.2, -0.15) is 0 Å². The van der Waals surface area contributed by atoms with Crippen molar-refractivity contribution in [2.24, 2.45) is 0 Å². The SMILES string of the molecule is O=S(=O)([O-])[O-].O=S(=O)([O-])[O-].O=S(=O)([O-])[O-].[Bi+3].[Ru+3]. The molecule has 0 aromatic rings. The summed E-state index contributed by atoms with van der Waals surface area (Å²) in [6.45, 7) is 0. The first-order chi connectivity index (χ1) is 6.00. The summed E-state index contributed by atoms with van der Waals surface area (Å²) in [6, 6.07) is 0. The largest absolute Gasteiger partial charge is 3.00 e. The number of hydrogen-bond acceptors (Lipinski definition) is 12. The second kappa shape index (κ2) is 12.2. The van der Waals surface area contributed by atoms with Gasteiger partial charge < -0.3 is 27.3 Å². The molecule has 0 bridgehead atoms. The van der Waals surface area contributed by atoms with E-state index < -0.39 is 31.2 Å². The molecule has 0 atom stereocenters. The summed E-state index contributed by atoms with van der Waals surface area (Å²) < 4.78 is 102. The van der Waals surface area contributed by atoms with Crippen LogP contribution in [0.15, 0.2) is 0 Å². The smallest absolute Gasteiger partial charge is 0.759 e. The van der Waals surface area contributed by atoms with Crippen LogP contribution in [0.5, 0.6) is 0 Å². The first-order valence-corrected chi connectivity index (χ1v) is 6.00. The third-order valence-corrected chi connectivity index (χ3v) is 0. The van der Waals surface area contributed by atoms with Crippen LogP contribution in [0.1, 0.15) is 0 Å². The first kappa shape index (κ1) is 30.9. The number of rotatable bonds is 0. The summed E-state index contributed by atoms with van der Waals surface area (Å²) in [5.41, 5.74) is 0. The Morgan fingerprint density at radius 2 is 0.471 bits per heavy atom. The van der Waals surface area contributed by atoms with Crippen LogP contribution in [-0.4, -0.2) is 78.8 Å². The molecule has 0 aliphatic carbocycles. The number of hydrogen-bond donors (Lipinski definition) is 0. The molecule has 103 valence electrons. The van der Waals surface area contributed by atoms with Crippen LogP contribution in [0.2, 0.25) is 0 Å².